The molecule has 1 aromatic rings. The molecule has 6 heteroatoms. The number of nitrogens with one attached hydrogen (secondary N) is 2. The van der Waals surface area contributed by atoms with Gasteiger partial charge in [-0.25, -0.2) is 4.99 Å². The summed E-state index contributed by atoms with van der Waals surface area (Å²) in [4.78, 5) is 18.3. The number of nitrogens with zero attached hydrogens (tertiary/aromatic N) is 2. The summed E-state index contributed by atoms with van der Waals surface area (Å²) in [6, 6.07) is 7.28. The van der Waals surface area contributed by atoms with Gasteiger partial charge in [-0.05, 0) is 63.5 Å². The van der Waals surface area contributed by atoms with Crippen molar-refractivity contribution in [3.8, 4) is 0 Å². The number of carbonyl (C=O) groups is 1. The maximum Gasteiger partial charge on any atom is 0.248 e. The highest BCUT2D eigenvalue weighted by molar-refractivity contribution is 5.92. The van der Waals surface area contributed by atoms with E-state index in [1.807, 2.05) is 12.1 Å². The third kappa shape index (κ3) is 7.44. The fraction of sp³-hybridized carbons (Fsp3) is 0.600. The van der Waals surface area contributed by atoms with E-state index in [0.29, 0.717) is 12.1 Å². The Labute approximate surface area is 157 Å². The van der Waals surface area contributed by atoms with E-state index < -0.39 is 5.91 Å². The maximum absolute atomic E-state index is 11.1. The lowest BCUT2D eigenvalue weighted by atomic mass is 10.1. The summed E-state index contributed by atoms with van der Waals surface area (Å²) in [5, 5.41) is 6.70. The van der Waals surface area contributed by atoms with Crippen molar-refractivity contribution >= 4 is 11.9 Å². The highest BCUT2D eigenvalue weighted by atomic mass is 16.1. The van der Waals surface area contributed by atoms with Gasteiger partial charge in [0, 0.05) is 18.7 Å². The molecule has 144 valence electrons. The number of aliphatic imine (C=N–C) groups is 1. The summed E-state index contributed by atoms with van der Waals surface area (Å²) < 4.78 is 0. The number of primary amides is 1. The van der Waals surface area contributed by atoms with E-state index in [1.165, 1.54) is 38.8 Å². The molecule has 1 heterocycles. The standard InChI is InChI=1S/C20H33N5O/c1-2-22-20(23-12-7-15-25-13-5-3-4-6-14-25)24-16-17-8-10-18(11-9-17)19(21)26/h8-11H,2-7,12-16H2,1H3,(H2,21,26)(H2,22,23,24). The van der Waals surface area contributed by atoms with E-state index in [4.69, 9.17) is 5.73 Å². The number of carbonyl (C=O) groups excluding carboxylic acids is 1. The molecule has 0 saturated carbocycles. The predicted molar refractivity (Wildman–Crippen MR) is 107 cm³/mol. The highest BCUT2D eigenvalue weighted by Gasteiger charge is 2.08. The lowest BCUT2D eigenvalue weighted by Gasteiger charge is -2.20. The van der Waals surface area contributed by atoms with Crippen LogP contribution in [0.5, 0.6) is 0 Å². The Balaban J connectivity index is 1.75. The van der Waals surface area contributed by atoms with Crippen LogP contribution in [0.4, 0.5) is 0 Å². The van der Waals surface area contributed by atoms with E-state index in [1.54, 1.807) is 12.1 Å². The van der Waals surface area contributed by atoms with Crippen molar-refractivity contribution in [2.24, 2.45) is 10.7 Å². The third-order valence-electron chi connectivity index (χ3n) is 4.64. The van der Waals surface area contributed by atoms with Gasteiger partial charge in [-0.15, -0.1) is 0 Å². The Hall–Kier alpha value is -2.08. The molecule has 0 unspecified atom stereocenters. The van der Waals surface area contributed by atoms with Gasteiger partial charge in [0.1, 0.15) is 0 Å². The summed E-state index contributed by atoms with van der Waals surface area (Å²) >= 11 is 0. The second-order valence-electron chi connectivity index (χ2n) is 6.79. The van der Waals surface area contributed by atoms with Crippen LogP contribution in [0.25, 0.3) is 0 Å². The summed E-state index contributed by atoms with van der Waals surface area (Å²) in [6.07, 6.45) is 6.56. The molecule has 1 fully saturated rings. The number of amides is 1. The van der Waals surface area contributed by atoms with Gasteiger partial charge >= 0.3 is 0 Å². The number of rotatable bonds is 8. The molecule has 2 rings (SSSR count). The third-order valence-corrected chi connectivity index (χ3v) is 4.64. The number of benzene rings is 1. The van der Waals surface area contributed by atoms with Crippen molar-refractivity contribution in [1.82, 2.24) is 15.5 Å². The topological polar surface area (TPSA) is 82.7 Å². The van der Waals surface area contributed by atoms with Crippen LogP contribution < -0.4 is 16.4 Å². The molecular weight excluding hydrogens is 326 g/mol. The number of nitrogens with two attached hydrogens (primary N) is 1. The van der Waals surface area contributed by atoms with Crippen LogP contribution in [0.3, 0.4) is 0 Å². The summed E-state index contributed by atoms with van der Waals surface area (Å²) in [7, 11) is 0. The largest absolute Gasteiger partial charge is 0.366 e. The first-order chi connectivity index (χ1) is 12.7. The highest BCUT2D eigenvalue weighted by Crippen LogP contribution is 2.09. The molecule has 0 aromatic heterocycles. The Morgan fingerprint density at radius 1 is 1.12 bits per heavy atom. The predicted octanol–water partition coefficient (Wildman–Crippen LogP) is 2.11. The van der Waals surface area contributed by atoms with Crippen LogP contribution in [0.1, 0.15) is 54.9 Å². The van der Waals surface area contributed by atoms with E-state index in [0.717, 1.165) is 37.6 Å². The number of hydrogen-bond acceptors (Lipinski definition) is 3. The van der Waals surface area contributed by atoms with E-state index in [-0.39, 0.29) is 0 Å². The van der Waals surface area contributed by atoms with Gasteiger partial charge in [-0.3, -0.25) is 4.79 Å². The van der Waals surface area contributed by atoms with Gasteiger partial charge in [0.15, 0.2) is 5.96 Å². The molecule has 0 atom stereocenters. The fourth-order valence-electron chi connectivity index (χ4n) is 3.16. The van der Waals surface area contributed by atoms with Crippen LogP contribution in [-0.2, 0) is 6.54 Å². The molecule has 26 heavy (non-hydrogen) atoms. The van der Waals surface area contributed by atoms with Gasteiger partial charge in [0.25, 0.3) is 0 Å². The van der Waals surface area contributed by atoms with E-state index in [9.17, 15) is 4.79 Å². The minimum Gasteiger partial charge on any atom is -0.366 e. The Morgan fingerprint density at radius 2 is 1.81 bits per heavy atom. The molecule has 1 aromatic carbocycles. The molecule has 1 aliphatic rings. The first-order valence-corrected chi connectivity index (χ1v) is 9.82. The summed E-state index contributed by atoms with van der Waals surface area (Å²) in [6.45, 7) is 8.03. The average Bonchev–Trinajstić information content (AvgIpc) is 2.92. The molecule has 1 saturated heterocycles. The lowest BCUT2D eigenvalue weighted by Crippen LogP contribution is -2.39. The minimum absolute atomic E-state index is 0.403. The number of hydrogen-bond donors (Lipinski definition) is 3. The zero-order valence-electron chi connectivity index (χ0n) is 16.0. The molecule has 1 aliphatic heterocycles. The van der Waals surface area contributed by atoms with Crippen molar-refractivity contribution in [2.75, 3.05) is 32.7 Å². The SMILES string of the molecule is CCNC(=NCc1ccc(C(N)=O)cc1)NCCCN1CCCCCC1. The van der Waals surface area contributed by atoms with Gasteiger partial charge < -0.3 is 21.3 Å². The van der Waals surface area contributed by atoms with Crippen molar-refractivity contribution in [3.63, 3.8) is 0 Å². The van der Waals surface area contributed by atoms with Crippen molar-refractivity contribution in [2.45, 2.75) is 45.6 Å². The first kappa shape index (κ1) is 20.2. The fourth-order valence-corrected chi connectivity index (χ4v) is 3.16. The van der Waals surface area contributed by atoms with Crippen LogP contribution in [0, 0.1) is 0 Å². The summed E-state index contributed by atoms with van der Waals surface area (Å²) in [5.41, 5.74) is 6.84. The van der Waals surface area contributed by atoms with Crippen molar-refractivity contribution in [3.05, 3.63) is 35.4 Å². The second-order valence-corrected chi connectivity index (χ2v) is 6.79. The van der Waals surface area contributed by atoms with Crippen LogP contribution in [0.2, 0.25) is 0 Å². The first-order valence-electron chi connectivity index (χ1n) is 9.82. The molecule has 0 radical (unpaired) electrons. The van der Waals surface area contributed by atoms with E-state index in [2.05, 4.69) is 27.4 Å². The zero-order valence-corrected chi connectivity index (χ0v) is 16.0. The molecule has 1 amide bonds. The molecule has 0 spiro atoms. The average molecular weight is 360 g/mol. The molecule has 4 N–H and O–H groups in total. The quantitative estimate of drug-likeness (QED) is 0.377. The van der Waals surface area contributed by atoms with Crippen LogP contribution >= 0.6 is 0 Å². The van der Waals surface area contributed by atoms with Gasteiger partial charge in [0.2, 0.25) is 5.91 Å². The van der Waals surface area contributed by atoms with E-state index >= 15 is 0 Å². The second kappa shape index (κ2) is 11.5. The molecule has 6 nitrogen and oxygen atoms in total. The van der Waals surface area contributed by atoms with Gasteiger partial charge in [-0.2, -0.15) is 0 Å². The van der Waals surface area contributed by atoms with Crippen LogP contribution in [0.15, 0.2) is 29.3 Å². The number of likely N-dealkylation sites (tertiary alicyclic amines) is 1. The monoisotopic (exact) mass is 359 g/mol. The Morgan fingerprint density at radius 3 is 2.42 bits per heavy atom. The minimum atomic E-state index is -0.403. The van der Waals surface area contributed by atoms with Gasteiger partial charge in [0.05, 0.1) is 6.54 Å². The molecule has 0 aliphatic carbocycles. The van der Waals surface area contributed by atoms with Crippen molar-refractivity contribution < 1.29 is 4.79 Å². The Kier molecular flexibility index (Phi) is 8.96. The lowest BCUT2D eigenvalue weighted by molar-refractivity contribution is 0.100. The van der Waals surface area contributed by atoms with Gasteiger partial charge in [-0.1, -0.05) is 25.0 Å². The smallest absolute Gasteiger partial charge is 0.248 e. The molecule has 0 bridgehead atoms. The van der Waals surface area contributed by atoms with Crippen LogP contribution in [-0.4, -0.2) is 49.5 Å². The number of guanidine groups is 1. The Bertz CT molecular complexity index is 562. The molecular formula is C20H33N5O. The normalized spacial score (nSPS) is 16.1. The summed E-state index contributed by atoms with van der Waals surface area (Å²) in [5.74, 6) is 0.432. The maximum atomic E-state index is 11.1. The zero-order chi connectivity index (χ0) is 18.6. The van der Waals surface area contributed by atoms with Crippen molar-refractivity contribution in [1.29, 1.82) is 0 Å².